The van der Waals surface area contributed by atoms with Crippen LogP contribution in [0.1, 0.15) is 5.56 Å². The van der Waals surface area contributed by atoms with Crippen LogP contribution >= 0.6 is 0 Å². The molecule has 1 N–H and O–H groups in total. The number of rotatable bonds is 2. The maximum atomic E-state index is 13.2. The van der Waals surface area contributed by atoms with E-state index in [-0.39, 0.29) is 11.4 Å². The van der Waals surface area contributed by atoms with Gasteiger partial charge in [0.1, 0.15) is 11.4 Å². The molecule has 2 nitrogen and oxygen atoms in total. The van der Waals surface area contributed by atoms with Crippen LogP contribution in [0, 0.1) is 11.6 Å². The van der Waals surface area contributed by atoms with Crippen molar-refractivity contribution in [2.45, 2.75) is 0 Å². The van der Waals surface area contributed by atoms with Gasteiger partial charge in [0.05, 0.1) is 0 Å². The molecule has 2 aromatic carbocycles. The summed E-state index contributed by atoms with van der Waals surface area (Å²) in [5.74, 6) is -1.47. The van der Waals surface area contributed by atoms with Crippen LogP contribution in [0.3, 0.4) is 0 Å². The summed E-state index contributed by atoms with van der Waals surface area (Å²) in [6.07, 6.45) is 1.22. The van der Waals surface area contributed by atoms with Gasteiger partial charge in [-0.3, -0.25) is 0 Å². The number of phenols is 1. The third-order valence-corrected chi connectivity index (χ3v) is 2.21. The molecule has 0 unspecified atom stereocenters. The quantitative estimate of drug-likeness (QED) is 0.792. The number of benzene rings is 2. The zero-order chi connectivity index (χ0) is 12.3. The zero-order valence-corrected chi connectivity index (χ0v) is 8.77. The molecule has 0 atom stereocenters. The highest BCUT2D eigenvalue weighted by Crippen LogP contribution is 2.22. The summed E-state index contributed by atoms with van der Waals surface area (Å²) in [5, 5.41) is 9.45. The number of nitrogens with zero attached hydrogens (tertiary/aromatic N) is 1. The fourth-order valence-electron chi connectivity index (χ4n) is 1.34. The fraction of sp³-hybridized carbons (Fsp3) is 0. The lowest BCUT2D eigenvalue weighted by Gasteiger charge is -1.99. The minimum atomic E-state index is -0.739. The number of hydrogen-bond donors (Lipinski definition) is 1. The average Bonchev–Trinajstić information content (AvgIpc) is 2.30. The van der Waals surface area contributed by atoms with Gasteiger partial charge in [0.25, 0.3) is 0 Å². The Morgan fingerprint density at radius 1 is 0.941 bits per heavy atom. The smallest absolute Gasteiger partial charge is 0.151 e. The highest BCUT2D eigenvalue weighted by atomic mass is 19.1. The average molecular weight is 233 g/mol. The number of phenolic OH excluding ortho intramolecular Hbond substituents is 1. The van der Waals surface area contributed by atoms with E-state index in [1.165, 1.54) is 18.3 Å². The maximum Gasteiger partial charge on any atom is 0.151 e. The Hall–Kier alpha value is -2.23. The molecule has 2 rings (SSSR count). The van der Waals surface area contributed by atoms with E-state index >= 15 is 0 Å². The largest absolute Gasteiger partial charge is 0.507 e. The lowest BCUT2D eigenvalue weighted by Crippen LogP contribution is -1.85. The third kappa shape index (κ3) is 2.47. The number of para-hydroxylation sites is 2. The Morgan fingerprint density at radius 2 is 1.59 bits per heavy atom. The molecule has 86 valence electrons. The van der Waals surface area contributed by atoms with E-state index in [4.69, 9.17) is 0 Å². The van der Waals surface area contributed by atoms with Crippen molar-refractivity contribution in [3.63, 3.8) is 0 Å². The van der Waals surface area contributed by atoms with Gasteiger partial charge in [0.15, 0.2) is 11.6 Å². The van der Waals surface area contributed by atoms with Crippen molar-refractivity contribution in [2.24, 2.45) is 4.99 Å². The molecule has 0 aliphatic rings. The van der Waals surface area contributed by atoms with E-state index in [1.54, 1.807) is 18.2 Å². The minimum Gasteiger partial charge on any atom is -0.507 e. The molecule has 0 saturated carbocycles. The number of aromatic hydroxyl groups is 1. The van der Waals surface area contributed by atoms with Gasteiger partial charge in [-0.05, 0) is 24.3 Å². The molecule has 0 spiro atoms. The van der Waals surface area contributed by atoms with Crippen LogP contribution < -0.4 is 0 Å². The maximum absolute atomic E-state index is 13.2. The summed E-state index contributed by atoms with van der Waals surface area (Å²) in [7, 11) is 0. The van der Waals surface area contributed by atoms with E-state index < -0.39 is 11.6 Å². The van der Waals surface area contributed by atoms with Gasteiger partial charge < -0.3 is 5.11 Å². The van der Waals surface area contributed by atoms with Crippen LogP contribution in [0.15, 0.2) is 47.5 Å². The van der Waals surface area contributed by atoms with Crippen molar-refractivity contribution in [1.82, 2.24) is 0 Å². The third-order valence-electron chi connectivity index (χ3n) is 2.21. The normalized spacial score (nSPS) is 10.9. The van der Waals surface area contributed by atoms with Gasteiger partial charge in [-0.2, -0.15) is 0 Å². The van der Waals surface area contributed by atoms with E-state index in [1.807, 2.05) is 0 Å². The predicted molar refractivity (Wildman–Crippen MR) is 61.7 cm³/mol. The number of halogens is 2. The van der Waals surface area contributed by atoms with Crippen LogP contribution in [-0.4, -0.2) is 11.3 Å². The second kappa shape index (κ2) is 4.74. The predicted octanol–water partition coefficient (Wildman–Crippen LogP) is 3.42. The summed E-state index contributed by atoms with van der Waals surface area (Å²) in [6, 6.07) is 9.93. The van der Waals surface area contributed by atoms with E-state index in [9.17, 15) is 13.9 Å². The molecule has 0 radical (unpaired) electrons. The van der Waals surface area contributed by atoms with Crippen molar-refractivity contribution in [3.8, 4) is 5.75 Å². The molecule has 0 aliphatic heterocycles. The number of aliphatic imine (C=N–C) groups is 1. The molecule has 0 heterocycles. The SMILES string of the molecule is Oc1ccccc1C=Nc1c(F)cccc1F. The Balaban J connectivity index is 2.36. The van der Waals surface area contributed by atoms with Gasteiger partial charge in [-0.1, -0.05) is 18.2 Å². The summed E-state index contributed by atoms with van der Waals surface area (Å²) in [6.45, 7) is 0. The molecule has 17 heavy (non-hydrogen) atoms. The molecule has 0 fully saturated rings. The van der Waals surface area contributed by atoms with Crippen LogP contribution in [0.2, 0.25) is 0 Å². The number of hydrogen-bond acceptors (Lipinski definition) is 2. The summed E-state index contributed by atoms with van der Waals surface area (Å²) in [5.41, 5.74) is 0.0332. The molecular formula is C13H9F2NO. The van der Waals surface area contributed by atoms with Gasteiger partial charge in [0.2, 0.25) is 0 Å². The van der Waals surface area contributed by atoms with Gasteiger partial charge >= 0.3 is 0 Å². The van der Waals surface area contributed by atoms with Gasteiger partial charge in [-0.25, -0.2) is 13.8 Å². The molecular weight excluding hydrogens is 224 g/mol. The summed E-state index contributed by atoms with van der Waals surface area (Å²) >= 11 is 0. The first-order valence-electron chi connectivity index (χ1n) is 4.94. The van der Waals surface area contributed by atoms with Crippen LogP contribution in [-0.2, 0) is 0 Å². The molecule has 4 heteroatoms. The van der Waals surface area contributed by atoms with Crippen molar-refractivity contribution in [2.75, 3.05) is 0 Å². The fourth-order valence-corrected chi connectivity index (χ4v) is 1.34. The second-order valence-corrected chi connectivity index (χ2v) is 3.39. The molecule has 0 aromatic heterocycles. The first kappa shape index (κ1) is 11.3. The van der Waals surface area contributed by atoms with Gasteiger partial charge in [0, 0.05) is 11.8 Å². The first-order valence-corrected chi connectivity index (χ1v) is 4.94. The monoisotopic (exact) mass is 233 g/mol. The molecule has 2 aromatic rings. The molecule has 0 aliphatic carbocycles. The van der Waals surface area contributed by atoms with Gasteiger partial charge in [-0.15, -0.1) is 0 Å². The lowest BCUT2D eigenvalue weighted by molar-refractivity contribution is 0.474. The lowest BCUT2D eigenvalue weighted by atomic mass is 10.2. The van der Waals surface area contributed by atoms with E-state index in [0.29, 0.717) is 5.56 Å². The van der Waals surface area contributed by atoms with E-state index in [0.717, 1.165) is 12.1 Å². The van der Waals surface area contributed by atoms with Crippen LogP contribution in [0.4, 0.5) is 14.5 Å². The Labute approximate surface area is 96.9 Å². The summed E-state index contributed by atoms with van der Waals surface area (Å²) < 4.78 is 26.5. The van der Waals surface area contributed by atoms with Crippen molar-refractivity contribution in [3.05, 3.63) is 59.7 Å². The van der Waals surface area contributed by atoms with Crippen LogP contribution in [0.5, 0.6) is 5.75 Å². The van der Waals surface area contributed by atoms with Crippen molar-refractivity contribution in [1.29, 1.82) is 0 Å². The first-order chi connectivity index (χ1) is 8.18. The Morgan fingerprint density at radius 3 is 2.24 bits per heavy atom. The van der Waals surface area contributed by atoms with E-state index in [2.05, 4.69) is 4.99 Å². The van der Waals surface area contributed by atoms with Crippen LogP contribution in [0.25, 0.3) is 0 Å². The Bertz CT molecular complexity index is 547. The molecule has 0 bridgehead atoms. The minimum absolute atomic E-state index is 0.00741. The van der Waals surface area contributed by atoms with Crippen molar-refractivity contribution >= 4 is 11.9 Å². The highest BCUT2D eigenvalue weighted by molar-refractivity contribution is 5.85. The topological polar surface area (TPSA) is 32.6 Å². The Kier molecular flexibility index (Phi) is 3.14. The standard InChI is InChI=1S/C13H9F2NO/c14-10-5-3-6-11(15)13(10)16-8-9-4-1-2-7-12(9)17/h1-8,17H. The van der Waals surface area contributed by atoms with Crippen molar-refractivity contribution < 1.29 is 13.9 Å². The highest BCUT2D eigenvalue weighted by Gasteiger charge is 2.05. The second-order valence-electron chi connectivity index (χ2n) is 3.39. The molecule has 0 saturated heterocycles. The summed E-state index contributed by atoms with van der Waals surface area (Å²) in [4.78, 5) is 3.70. The molecule has 0 amide bonds. The zero-order valence-electron chi connectivity index (χ0n) is 8.77.